The average molecular weight is 573 g/mol. The lowest BCUT2D eigenvalue weighted by Gasteiger charge is -2.53. The van der Waals surface area contributed by atoms with Crippen LogP contribution in [0.25, 0.3) is 0 Å². The van der Waals surface area contributed by atoms with E-state index in [1.807, 2.05) is 6.07 Å². The van der Waals surface area contributed by atoms with E-state index >= 15 is 0 Å². The molecule has 2 aliphatic carbocycles. The smallest absolute Gasteiger partial charge is 0.418 e. The first-order valence-electron chi connectivity index (χ1n) is 13.6. The Hall–Kier alpha value is -3.12. The monoisotopic (exact) mass is 572 g/mol. The number of hydrogen-bond acceptors (Lipinski definition) is 7. The molecule has 212 valence electrons. The number of nitrogens with zero attached hydrogens (tertiary/aromatic N) is 6. The lowest BCUT2D eigenvalue weighted by molar-refractivity contribution is -0.138. The first-order valence-corrected chi connectivity index (χ1v) is 14.0. The van der Waals surface area contributed by atoms with Crippen LogP contribution in [0.5, 0.6) is 5.88 Å². The van der Waals surface area contributed by atoms with E-state index in [1.165, 1.54) is 30.4 Å². The van der Waals surface area contributed by atoms with Crippen molar-refractivity contribution in [1.29, 1.82) is 0 Å². The Kier molecular flexibility index (Phi) is 6.60. The zero-order chi connectivity index (χ0) is 28.3. The van der Waals surface area contributed by atoms with Gasteiger partial charge in [0.15, 0.2) is 5.11 Å². The number of thiocarbonyl (C=S) groups is 1. The van der Waals surface area contributed by atoms with Crippen LogP contribution in [0.15, 0.2) is 35.6 Å². The van der Waals surface area contributed by atoms with Crippen molar-refractivity contribution >= 4 is 41.3 Å². The van der Waals surface area contributed by atoms with Crippen LogP contribution < -0.4 is 14.5 Å². The van der Waals surface area contributed by atoms with E-state index < -0.39 is 17.3 Å². The number of rotatable bonds is 6. The summed E-state index contributed by atoms with van der Waals surface area (Å²) >= 11 is 5.72. The Morgan fingerprint density at radius 2 is 1.88 bits per heavy atom. The van der Waals surface area contributed by atoms with Gasteiger partial charge in [0.05, 0.1) is 41.6 Å². The number of carbonyl (C=O) groups is 1. The van der Waals surface area contributed by atoms with Gasteiger partial charge in [-0.25, -0.2) is 4.98 Å². The number of anilines is 2. The van der Waals surface area contributed by atoms with Crippen LogP contribution in [0.4, 0.5) is 24.5 Å². The second-order valence-electron chi connectivity index (χ2n) is 11.3. The summed E-state index contributed by atoms with van der Waals surface area (Å²) in [6.45, 7) is 3.97. The predicted molar refractivity (Wildman–Crippen MR) is 149 cm³/mol. The molecule has 4 aliphatic rings. The van der Waals surface area contributed by atoms with Crippen LogP contribution in [-0.4, -0.2) is 63.4 Å². The minimum Gasteiger partial charge on any atom is -0.474 e. The summed E-state index contributed by atoms with van der Waals surface area (Å²) in [6.07, 6.45) is 5.72. The number of halogens is 3. The van der Waals surface area contributed by atoms with Gasteiger partial charge < -0.3 is 14.5 Å². The number of hydrogen-bond donors (Lipinski definition) is 0. The molecule has 8 nitrogen and oxygen atoms in total. The van der Waals surface area contributed by atoms with Gasteiger partial charge in [-0.1, -0.05) is 0 Å². The van der Waals surface area contributed by atoms with Gasteiger partial charge in [0.25, 0.3) is 5.91 Å². The first-order chi connectivity index (χ1) is 19.1. The highest BCUT2D eigenvalue weighted by Gasteiger charge is 2.60. The van der Waals surface area contributed by atoms with Gasteiger partial charge in [-0.3, -0.25) is 19.7 Å². The van der Waals surface area contributed by atoms with E-state index in [0.29, 0.717) is 24.4 Å². The van der Waals surface area contributed by atoms with Crippen molar-refractivity contribution in [2.45, 2.75) is 81.3 Å². The second kappa shape index (κ2) is 9.76. The Morgan fingerprint density at radius 1 is 1.15 bits per heavy atom. The molecule has 2 spiro atoms. The van der Waals surface area contributed by atoms with Crippen molar-refractivity contribution < 1.29 is 22.7 Å². The molecule has 2 saturated carbocycles. The SMILES string of the molecule is C=NCc1ncc(N2C(=O)C3(CCC3)N(c3ccc(OC4CCN(C)C5(CCC5)C4)nc3)C2=S)cc1C(F)(F)F. The minimum atomic E-state index is -4.67. The molecule has 1 unspecified atom stereocenters. The van der Waals surface area contributed by atoms with Gasteiger partial charge in [-0.2, -0.15) is 13.2 Å². The summed E-state index contributed by atoms with van der Waals surface area (Å²) < 4.78 is 47.7. The maximum atomic E-state index is 13.8. The zero-order valence-electron chi connectivity index (χ0n) is 22.3. The van der Waals surface area contributed by atoms with Crippen LogP contribution >= 0.6 is 12.2 Å². The second-order valence-corrected chi connectivity index (χ2v) is 11.7. The molecule has 0 N–H and O–H groups in total. The van der Waals surface area contributed by atoms with E-state index in [1.54, 1.807) is 17.2 Å². The molecule has 2 saturated heterocycles. The lowest BCUT2D eigenvalue weighted by atomic mass is 9.69. The maximum Gasteiger partial charge on any atom is 0.418 e. The van der Waals surface area contributed by atoms with Crippen molar-refractivity contribution in [2.24, 2.45) is 4.99 Å². The Labute approximate surface area is 236 Å². The number of ether oxygens (including phenoxy) is 1. The molecule has 2 aliphatic heterocycles. The molecule has 12 heteroatoms. The van der Waals surface area contributed by atoms with Crippen LogP contribution in [0.1, 0.15) is 62.6 Å². The molecule has 2 aromatic rings. The summed E-state index contributed by atoms with van der Waals surface area (Å²) in [5.41, 5.74) is -1.36. The van der Waals surface area contributed by atoms with Gasteiger partial charge in [0, 0.05) is 24.6 Å². The van der Waals surface area contributed by atoms with E-state index in [0.717, 1.165) is 31.9 Å². The number of amides is 1. The normalized spacial score (nSPS) is 23.9. The third kappa shape index (κ3) is 4.27. The van der Waals surface area contributed by atoms with Crippen LogP contribution in [0, 0.1) is 0 Å². The quantitative estimate of drug-likeness (QED) is 0.350. The van der Waals surface area contributed by atoms with Crippen molar-refractivity contribution in [3.05, 3.63) is 41.9 Å². The molecular formula is C28H31F3N6O2S. The van der Waals surface area contributed by atoms with Crippen LogP contribution in [-0.2, 0) is 17.5 Å². The Bertz CT molecular complexity index is 1340. The van der Waals surface area contributed by atoms with E-state index in [9.17, 15) is 18.0 Å². The molecule has 1 atom stereocenters. The standard InChI is InChI=1S/C28H31F3N6O2S/c1-32-17-22-21(28(29,30)31)13-19(16-33-22)36-24(38)27(10-4-11-27)37(25(36)40)18-5-6-23(34-15-18)39-20-7-12-35(2)26(14-20)8-3-9-26/h5-6,13,15-16,20H,1,3-4,7-12,14,17H2,2H3. The topological polar surface area (TPSA) is 74.2 Å². The third-order valence-electron chi connectivity index (χ3n) is 9.13. The largest absolute Gasteiger partial charge is 0.474 e. The van der Waals surface area contributed by atoms with Gasteiger partial charge in [0.2, 0.25) is 5.88 Å². The van der Waals surface area contributed by atoms with Crippen molar-refractivity contribution in [3.63, 3.8) is 0 Å². The summed E-state index contributed by atoms with van der Waals surface area (Å²) in [5.74, 6) is 0.153. The molecule has 0 aromatic carbocycles. The van der Waals surface area contributed by atoms with Gasteiger partial charge in [-0.05, 0) is 83.1 Å². The Morgan fingerprint density at radius 3 is 2.45 bits per heavy atom. The number of aromatic nitrogens is 2. The Balaban J connectivity index is 1.25. The van der Waals surface area contributed by atoms with E-state index in [-0.39, 0.29) is 40.6 Å². The molecule has 4 fully saturated rings. The summed E-state index contributed by atoms with van der Waals surface area (Å²) in [5, 5.41) is 0.104. The average Bonchev–Trinajstić information content (AvgIpc) is 3.11. The highest BCUT2D eigenvalue weighted by Crippen LogP contribution is 2.48. The maximum absolute atomic E-state index is 13.8. The molecule has 2 aromatic heterocycles. The fraction of sp³-hybridized carbons (Fsp3) is 0.536. The van der Waals surface area contributed by atoms with Gasteiger partial charge in [-0.15, -0.1) is 0 Å². The number of carbonyl (C=O) groups excluding carboxylic acids is 1. The highest BCUT2D eigenvalue weighted by atomic mass is 32.1. The van der Waals surface area contributed by atoms with Crippen molar-refractivity contribution in [3.8, 4) is 5.88 Å². The molecule has 4 heterocycles. The molecular weight excluding hydrogens is 541 g/mol. The van der Waals surface area contributed by atoms with E-state index in [4.69, 9.17) is 17.0 Å². The first kappa shape index (κ1) is 27.1. The molecule has 1 amide bonds. The molecule has 6 rings (SSSR count). The van der Waals surface area contributed by atoms with Crippen molar-refractivity contribution in [2.75, 3.05) is 23.4 Å². The highest BCUT2D eigenvalue weighted by molar-refractivity contribution is 7.81. The van der Waals surface area contributed by atoms with Crippen LogP contribution in [0.2, 0.25) is 0 Å². The number of alkyl halides is 3. The fourth-order valence-corrected chi connectivity index (χ4v) is 7.03. The van der Waals surface area contributed by atoms with Crippen LogP contribution in [0.3, 0.4) is 0 Å². The third-order valence-corrected chi connectivity index (χ3v) is 9.49. The van der Waals surface area contributed by atoms with Gasteiger partial charge >= 0.3 is 6.18 Å². The molecule has 40 heavy (non-hydrogen) atoms. The molecule has 0 bridgehead atoms. The lowest BCUT2D eigenvalue weighted by Crippen LogP contribution is -2.58. The fourth-order valence-electron chi connectivity index (χ4n) is 6.56. The summed E-state index contributed by atoms with van der Waals surface area (Å²) in [4.78, 5) is 31.2. The number of piperidine rings is 1. The van der Waals surface area contributed by atoms with E-state index in [2.05, 4.69) is 33.6 Å². The number of likely N-dealkylation sites (tertiary alicyclic amines) is 1. The van der Waals surface area contributed by atoms with Gasteiger partial charge in [0.1, 0.15) is 11.6 Å². The summed E-state index contributed by atoms with van der Waals surface area (Å²) in [7, 11) is 2.19. The minimum absolute atomic E-state index is 0.0241. The number of aliphatic imine (C=N–C) groups is 1. The van der Waals surface area contributed by atoms with Crippen molar-refractivity contribution in [1.82, 2.24) is 14.9 Å². The predicted octanol–water partition coefficient (Wildman–Crippen LogP) is 5.15. The number of pyridine rings is 2. The zero-order valence-corrected chi connectivity index (χ0v) is 23.1. The molecule has 0 radical (unpaired) electrons. The summed E-state index contributed by atoms with van der Waals surface area (Å²) in [6, 6.07) is 4.51.